The number of hydrazine groups is 1. The van der Waals surface area contributed by atoms with Crippen LogP contribution in [0.1, 0.15) is 10.4 Å². The minimum atomic E-state index is -0.492. The van der Waals surface area contributed by atoms with E-state index in [1.807, 2.05) is 22.6 Å². The van der Waals surface area contributed by atoms with Crippen molar-refractivity contribution < 1.29 is 9.18 Å². The second kappa shape index (κ2) is 8.50. The molecule has 150 valence electrons. The highest BCUT2D eigenvalue weighted by atomic mass is 127. The highest BCUT2D eigenvalue weighted by Gasteiger charge is 2.20. The lowest BCUT2D eigenvalue weighted by molar-refractivity contribution is 0.0988. The summed E-state index contributed by atoms with van der Waals surface area (Å²) in [5, 5.41) is 5.16. The van der Waals surface area contributed by atoms with E-state index in [9.17, 15) is 9.18 Å². The number of aromatic nitrogens is 2. The number of fused-ring (bicyclic) bond motifs is 1. The lowest BCUT2D eigenvalue weighted by Gasteiger charge is -2.20. The number of carbonyl (C=O) groups excluding carboxylic acids is 1. The number of nitrogens with one attached hydrogen (secondary N) is 1. The first-order chi connectivity index (χ1) is 14.4. The fourth-order valence-corrected chi connectivity index (χ4v) is 3.59. The first-order valence-electron chi connectivity index (χ1n) is 8.73. The monoisotopic (exact) mass is 533 g/mol. The predicted molar refractivity (Wildman–Crippen MR) is 124 cm³/mol. The van der Waals surface area contributed by atoms with E-state index in [2.05, 4.69) is 15.3 Å². The van der Waals surface area contributed by atoms with Crippen LogP contribution in [0.5, 0.6) is 0 Å². The maximum Gasteiger partial charge on any atom is 0.274 e. The Labute approximate surface area is 190 Å². The van der Waals surface area contributed by atoms with Crippen LogP contribution in [0.15, 0.2) is 67.1 Å². The van der Waals surface area contributed by atoms with Gasteiger partial charge >= 0.3 is 0 Å². The minimum Gasteiger partial charge on any atom is -0.351 e. The van der Waals surface area contributed by atoms with Crippen molar-refractivity contribution >= 4 is 68.1 Å². The van der Waals surface area contributed by atoms with Crippen LogP contribution in [0.2, 0.25) is 5.02 Å². The van der Waals surface area contributed by atoms with Crippen LogP contribution in [0.25, 0.3) is 10.9 Å². The Morgan fingerprint density at radius 1 is 1.10 bits per heavy atom. The Morgan fingerprint density at radius 2 is 1.93 bits per heavy atom. The van der Waals surface area contributed by atoms with Gasteiger partial charge in [-0.1, -0.05) is 11.6 Å². The summed E-state index contributed by atoms with van der Waals surface area (Å²) < 4.78 is 15.0. The summed E-state index contributed by atoms with van der Waals surface area (Å²) in [6, 6.07) is 13.1. The molecule has 3 N–H and O–H groups in total. The molecule has 0 spiro atoms. The van der Waals surface area contributed by atoms with E-state index in [-0.39, 0.29) is 11.3 Å². The number of nitrogens with two attached hydrogens (primary N) is 1. The van der Waals surface area contributed by atoms with Gasteiger partial charge in [0.25, 0.3) is 5.91 Å². The Kier molecular flexibility index (Phi) is 5.80. The lowest BCUT2D eigenvalue weighted by atomic mass is 10.1. The normalized spacial score (nSPS) is 10.8. The molecule has 0 aliphatic rings. The van der Waals surface area contributed by atoms with Crippen LogP contribution < -0.4 is 16.2 Å². The maximum atomic E-state index is 14.3. The molecule has 30 heavy (non-hydrogen) atoms. The third-order valence-corrected chi connectivity index (χ3v) is 5.32. The van der Waals surface area contributed by atoms with Gasteiger partial charge in [0.2, 0.25) is 0 Å². The third-order valence-electron chi connectivity index (χ3n) is 4.41. The van der Waals surface area contributed by atoms with Crippen LogP contribution >= 0.6 is 34.2 Å². The van der Waals surface area contributed by atoms with Gasteiger partial charge in [0.1, 0.15) is 5.82 Å². The van der Waals surface area contributed by atoms with Crippen molar-refractivity contribution in [1.29, 1.82) is 0 Å². The Morgan fingerprint density at radius 3 is 2.73 bits per heavy atom. The van der Waals surface area contributed by atoms with E-state index < -0.39 is 11.7 Å². The molecule has 2 aromatic carbocycles. The lowest BCUT2D eigenvalue weighted by Crippen LogP contribution is -2.38. The van der Waals surface area contributed by atoms with Crippen LogP contribution in [0, 0.1) is 9.39 Å². The number of rotatable bonds is 4. The second-order valence-electron chi connectivity index (χ2n) is 6.34. The van der Waals surface area contributed by atoms with Crippen molar-refractivity contribution in [3.8, 4) is 0 Å². The van der Waals surface area contributed by atoms with Crippen LogP contribution in [-0.4, -0.2) is 15.9 Å². The van der Waals surface area contributed by atoms with Crippen molar-refractivity contribution in [2.75, 3.05) is 10.3 Å². The number of carbonyl (C=O) groups is 1. The fraction of sp³-hybridized carbons (Fsp3) is 0. The van der Waals surface area contributed by atoms with Crippen molar-refractivity contribution in [2.45, 2.75) is 0 Å². The molecule has 4 rings (SSSR count). The van der Waals surface area contributed by atoms with Gasteiger partial charge in [-0.05, 0) is 71.1 Å². The highest BCUT2D eigenvalue weighted by molar-refractivity contribution is 14.1. The topological polar surface area (TPSA) is 84.1 Å². The van der Waals surface area contributed by atoms with Crippen LogP contribution in [0.4, 0.5) is 21.5 Å². The van der Waals surface area contributed by atoms with Crippen LogP contribution in [0.3, 0.4) is 0 Å². The smallest absolute Gasteiger partial charge is 0.274 e. The number of anilines is 3. The molecular formula is C21H14ClFIN5O. The first kappa shape index (κ1) is 20.5. The van der Waals surface area contributed by atoms with Crippen molar-refractivity contribution in [2.24, 2.45) is 5.84 Å². The number of benzene rings is 2. The highest BCUT2D eigenvalue weighted by Crippen LogP contribution is 2.29. The number of nitrogens with zero attached hydrogens (tertiary/aromatic N) is 3. The standard InChI is InChI=1S/C21H14ClFIN5O/c22-12-1-3-14-18(9-12)27-8-6-20(14)29(25)21(30)15-5-7-26-11-19(15)28-17-4-2-13(24)10-16(17)23/h1-11,28H,25H2. The molecule has 2 aromatic heterocycles. The first-order valence-corrected chi connectivity index (χ1v) is 10.2. The molecular weight excluding hydrogens is 520 g/mol. The van der Waals surface area contributed by atoms with Gasteiger partial charge in [0.05, 0.1) is 34.3 Å². The zero-order valence-corrected chi connectivity index (χ0v) is 18.2. The quantitative estimate of drug-likeness (QED) is 0.161. The second-order valence-corrected chi connectivity index (χ2v) is 8.02. The molecule has 0 fully saturated rings. The zero-order valence-electron chi connectivity index (χ0n) is 15.3. The molecule has 0 saturated heterocycles. The van der Waals surface area contributed by atoms with E-state index in [0.717, 1.165) is 8.58 Å². The average molecular weight is 534 g/mol. The number of halogens is 3. The van der Waals surface area contributed by atoms with E-state index in [1.165, 1.54) is 24.5 Å². The summed E-state index contributed by atoms with van der Waals surface area (Å²) in [7, 11) is 0. The molecule has 0 aliphatic carbocycles. The van der Waals surface area contributed by atoms with Gasteiger partial charge < -0.3 is 5.32 Å². The summed E-state index contributed by atoms with van der Waals surface area (Å²) in [6.07, 6.45) is 4.47. The van der Waals surface area contributed by atoms with Crippen molar-refractivity contribution in [3.05, 3.63) is 87.1 Å². The Bertz CT molecular complexity index is 1270. The molecule has 4 aromatic rings. The molecule has 0 unspecified atom stereocenters. The van der Waals surface area contributed by atoms with Gasteiger partial charge in [-0.25, -0.2) is 15.2 Å². The van der Waals surface area contributed by atoms with E-state index in [0.29, 0.717) is 27.3 Å². The van der Waals surface area contributed by atoms with Gasteiger partial charge in [0.15, 0.2) is 0 Å². The summed E-state index contributed by atoms with van der Waals surface area (Å²) in [5.74, 6) is 5.26. The van der Waals surface area contributed by atoms with E-state index in [1.54, 1.807) is 42.6 Å². The number of amides is 1. The predicted octanol–water partition coefficient (Wildman–Crippen LogP) is 5.29. The van der Waals surface area contributed by atoms with E-state index >= 15 is 0 Å². The molecule has 2 heterocycles. The summed E-state index contributed by atoms with van der Waals surface area (Å²) >= 11 is 8.05. The summed E-state index contributed by atoms with van der Waals surface area (Å²) in [4.78, 5) is 21.5. The molecule has 0 saturated carbocycles. The molecule has 0 radical (unpaired) electrons. The van der Waals surface area contributed by atoms with Crippen LogP contribution in [-0.2, 0) is 0 Å². The SMILES string of the molecule is NN(C(=O)c1ccncc1Nc1ccc(I)cc1F)c1ccnc2cc(Cl)ccc12. The molecule has 0 atom stereocenters. The molecule has 0 aliphatic heterocycles. The molecule has 1 amide bonds. The maximum absolute atomic E-state index is 14.3. The van der Waals surface area contributed by atoms with Gasteiger partial charge in [-0.2, -0.15) is 0 Å². The molecule has 9 heteroatoms. The largest absolute Gasteiger partial charge is 0.351 e. The number of pyridine rings is 2. The summed E-state index contributed by atoms with van der Waals surface area (Å²) in [5.41, 5.74) is 1.87. The van der Waals surface area contributed by atoms with Crippen molar-refractivity contribution in [1.82, 2.24) is 9.97 Å². The van der Waals surface area contributed by atoms with Gasteiger partial charge in [0, 0.05) is 26.4 Å². The Balaban J connectivity index is 1.71. The molecule has 0 bridgehead atoms. The summed E-state index contributed by atoms with van der Waals surface area (Å²) in [6.45, 7) is 0. The zero-order chi connectivity index (χ0) is 21.3. The minimum absolute atomic E-state index is 0.227. The van der Waals surface area contributed by atoms with Crippen molar-refractivity contribution in [3.63, 3.8) is 0 Å². The number of hydrogen-bond donors (Lipinski definition) is 2. The molecule has 6 nitrogen and oxygen atoms in total. The average Bonchev–Trinajstić information content (AvgIpc) is 2.74. The number of hydrogen-bond acceptors (Lipinski definition) is 5. The Hall–Kier alpha value is -2.82. The third kappa shape index (κ3) is 4.07. The fourth-order valence-electron chi connectivity index (χ4n) is 2.97. The van der Waals surface area contributed by atoms with E-state index in [4.69, 9.17) is 17.4 Å². The van der Waals surface area contributed by atoms with Gasteiger partial charge in [-0.15, -0.1) is 0 Å². The van der Waals surface area contributed by atoms with Gasteiger partial charge in [-0.3, -0.25) is 14.8 Å².